The molecular formula is C19H26N2O3S. The van der Waals surface area contributed by atoms with E-state index >= 15 is 0 Å². The maximum atomic E-state index is 13.2. The standard InChI is InChI=1S/C19H26N2O3S/c1-14-12-15-6-2-3-9-18(15)21(14)19(22)16-7-4-8-17(13-16)20-10-5-11-25(20,23)24/h4,7-8,13-15,18H,2-3,5-6,9-12H2,1H3. The summed E-state index contributed by atoms with van der Waals surface area (Å²) in [4.78, 5) is 15.3. The number of fused-ring (bicyclic) bond motifs is 1. The van der Waals surface area contributed by atoms with E-state index in [1.165, 1.54) is 23.6 Å². The zero-order valence-corrected chi connectivity index (χ0v) is 15.5. The lowest BCUT2D eigenvalue weighted by atomic mass is 9.85. The predicted octanol–water partition coefficient (Wildman–Crippen LogP) is 3.02. The van der Waals surface area contributed by atoms with Gasteiger partial charge in [0.15, 0.2) is 0 Å². The van der Waals surface area contributed by atoms with Crippen LogP contribution in [-0.2, 0) is 10.0 Å². The van der Waals surface area contributed by atoms with Crippen LogP contribution in [0.2, 0.25) is 0 Å². The number of rotatable bonds is 2. The Morgan fingerprint density at radius 1 is 1.16 bits per heavy atom. The molecular weight excluding hydrogens is 336 g/mol. The van der Waals surface area contributed by atoms with Crippen molar-refractivity contribution in [1.82, 2.24) is 4.90 Å². The van der Waals surface area contributed by atoms with E-state index < -0.39 is 10.0 Å². The van der Waals surface area contributed by atoms with Gasteiger partial charge in [0.1, 0.15) is 0 Å². The SMILES string of the molecule is CC1CC2CCCCC2N1C(=O)c1cccc(N2CCCS2(=O)=O)c1. The second-order valence-electron chi connectivity index (χ2n) is 7.70. The molecule has 0 N–H and O–H groups in total. The van der Waals surface area contributed by atoms with Crippen LogP contribution in [0.4, 0.5) is 5.69 Å². The Balaban J connectivity index is 1.61. The Kier molecular flexibility index (Phi) is 4.26. The van der Waals surface area contributed by atoms with Crippen molar-refractivity contribution in [2.45, 2.75) is 57.5 Å². The van der Waals surface area contributed by atoms with Crippen LogP contribution in [0.5, 0.6) is 0 Å². The van der Waals surface area contributed by atoms with Crippen molar-refractivity contribution in [2.75, 3.05) is 16.6 Å². The summed E-state index contributed by atoms with van der Waals surface area (Å²) in [5, 5.41) is 0. The van der Waals surface area contributed by atoms with Gasteiger partial charge < -0.3 is 4.90 Å². The van der Waals surface area contributed by atoms with E-state index in [2.05, 4.69) is 11.8 Å². The lowest BCUT2D eigenvalue weighted by Gasteiger charge is -2.33. The molecule has 2 heterocycles. The molecule has 2 aliphatic heterocycles. The summed E-state index contributed by atoms with van der Waals surface area (Å²) in [6, 6.07) is 7.78. The molecule has 0 spiro atoms. The molecule has 0 radical (unpaired) electrons. The third-order valence-electron chi connectivity index (χ3n) is 6.06. The highest BCUT2D eigenvalue weighted by atomic mass is 32.2. The molecule has 3 unspecified atom stereocenters. The van der Waals surface area contributed by atoms with E-state index in [1.807, 2.05) is 6.07 Å². The van der Waals surface area contributed by atoms with Crippen LogP contribution in [0, 0.1) is 5.92 Å². The van der Waals surface area contributed by atoms with Gasteiger partial charge in [-0.3, -0.25) is 9.10 Å². The first-order valence-corrected chi connectivity index (χ1v) is 11.0. The van der Waals surface area contributed by atoms with Crippen molar-refractivity contribution in [2.24, 2.45) is 5.92 Å². The zero-order chi connectivity index (χ0) is 17.6. The second-order valence-corrected chi connectivity index (χ2v) is 9.71. The van der Waals surface area contributed by atoms with E-state index in [-0.39, 0.29) is 17.7 Å². The maximum absolute atomic E-state index is 13.2. The quantitative estimate of drug-likeness (QED) is 0.813. The van der Waals surface area contributed by atoms with E-state index in [9.17, 15) is 13.2 Å². The van der Waals surface area contributed by atoms with Crippen LogP contribution < -0.4 is 4.31 Å². The van der Waals surface area contributed by atoms with Gasteiger partial charge in [-0.25, -0.2) is 8.42 Å². The van der Waals surface area contributed by atoms with Gasteiger partial charge >= 0.3 is 0 Å². The second kappa shape index (κ2) is 6.31. The lowest BCUT2D eigenvalue weighted by Crippen LogP contribution is -2.42. The van der Waals surface area contributed by atoms with Gasteiger partial charge in [0.25, 0.3) is 5.91 Å². The number of sulfonamides is 1. The van der Waals surface area contributed by atoms with Gasteiger partial charge in [-0.2, -0.15) is 0 Å². The molecule has 3 fully saturated rings. The minimum absolute atomic E-state index is 0.0559. The molecule has 0 bridgehead atoms. The van der Waals surface area contributed by atoms with Crippen LogP contribution in [0.15, 0.2) is 24.3 Å². The summed E-state index contributed by atoms with van der Waals surface area (Å²) in [6.45, 7) is 2.65. The molecule has 3 atom stereocenters. The molecule has 5 nitrogen and oxygen atoms in total. The summed E-state index contributed by atoms with van der Waals surface area (Å²) in [5.74, 6) is 0.883. The third kappa shape index (κ3) is 2.94. The Labute approximate surface area is 150 Å². The highest BCUT2D eigenvalue weighted by Crippen LogP contribution is 2.40. The summed E-state index contributed by atoms with van der Waals surface area (Å²) >= 11 is 0. The number of hydrogen-bond donors (Lipinski definition) is 0. The van der Waals surface area contributed by atoms with Crippen molar-refractivity contribution >= 4 is 21.6 Å². The van der Waals surface area contributed by atoms with E-state index in [4.69, 9.17) is 0 Å². The third-order valence-corrected chi connectivity index (χ3v) is 7.93. The highest BCUT2D eigenvalue weighted by Gasteiger charge is 2.42. The van der Waals surface area contributed by atoms with Gasteiger partial charge in [-0.1, -0.05) is 18.9 Å². The monoisotopic (exact) mass is 362 g/mol. The van der Waals surface area contributed by atoms with Gasteiger partial charge in [0.05, 0.1) is 11.4 Å². The minimum atomic E-state index is -3.22. The highest BCUT2D eigenvalue weighted by molar-refractivity contribution is 7.93. The molecule has 1 saturated carbocycles. The number of carbonyl (C=O) groups excluding carboxylic acids is 1. The summed E-state index contributed by atoms with van der Waals surface area (Å²) in [7, 11) is -3.22. The van der Waals surface area contributed by atoms with Crippen LogP contribution in [0.1, 0.15) is 55.8 Å². The molecule has 1 amide bonds. The van der Waals surface area contributed by atoms with Crippen molar-refractivity contribution in [3.8, 4) is 0 Å². The molecule has 1 aromatic carbocycles. The number of likely N-dealkylation sites (tertiary alicyclic amines) is 1. The Morgan fingerprint density at radius 2 is 1.96 bits per heavy atom. The molecule has 25 heavy (non-hydrogen) atoms. The molecule has 1 aliphatic carbocycles. The number of anilines is 1. The van der Waals surface area contributed by atoms with E-state index in [0.717, 1.165) is 12.8 Å². The van der Waals surface area contributed by atoms with E-state index in [1.54, 1.807) is 18.2 Å². The van der Waals surface area contributed by atoms with Crippen molar-refractivity contribution in [3.05, 3.63) is 29.8 Å². The van der Waals surface area contributed by atoms with Gasteiger partial charge in [0, 0.05) is 24.2 Å². The lowest BCUT2D eigenvalue weighted by molar-refractivity contribution is 0.0633. The van der Waals surface area contributed by atoms with Gasteiger partial charge in [-0.15, -0.1) is 0 Å². The topological polar surface area (TPSA) is 57.7 Å². The fourth-order valence-electron chi connectivity index (χ4n) is 4.93. The first-order chi connectivity index (χ1) is 12.0. The molecule has 136 valence electrons. The molecule has 1 aromatic rings. The summed E-state index contributed by atoms with van der Waals surface area (Å²) in [6.07, 6.45) is 6.54. The summed E-state index contributed by atoms with van der Waals surface area (Å²) < 4.78 is 25.8. The Morgan fingerprint density at radius 3 is 2.72 bits per heavy atom. The normalized spacial score (nSPS) is 31.2. The average Bonchev–Trinajstić information content (AvgIpc) is 3.12. The fraction of sp³-hybridized carbons (Fsp3) is 0.632. The smallest absolute Gasteiger partial charge is 0.254 e. The number of amides is 1. The number of hydrogen-bond acceptors (Lipinski definition) is 3. The number of carbonyl (C=O) groups is 1. The molecule has 0 aromatic heterocycles. The Bertz CT molecular complexity index is 777. The largest absolute Gasteiger partial charge is 0.333 e. The average molecular weight is 362 g/mol. The van der Waals surface area contributed by atoms with Gasteiger partial charge in [-0.05, 0) is 56.7 Å². The van der Waals surface area contributed by atoms with Crippen molar-refractivity contribution in [3.63, 3.8) is 0 Å². The minimum Gasteiger partial charge on any atom is -0.333 e. The number of benzene rings is 1. The predicted molar refractivity (Wildman–Crippen MR) is 98.2 cm³/mol. The maximum Gasteiger partial charge on any atom is 0.254 e. The van der Waals surface area contributed by atoms with Crippen molar-refractivity contribution < 1.29 is 13.2 Å². The zero-order valence-electron chi connectivity index (χ0n) is 14.7. The van der Waals surface area contributed by atoms with Crippen LogP contribution in [0.25, 0.3) is 0 Å². The van der Waals surface area contributed by atoms with Crippen molar-refractivity contribution in [1.29, 1.82) is 0 Å². The first-order valence-electron chi connectivity index (χ1n) is 9.40. The van der Waals surface area contributed by atoms with Crippen LogP contribution in [0.3, 0.4) is 0 Å². The molecule has 6 heteroatoms. The molecule has 3 aliphatic rings. The molecule has 4 rings (SSSR count). The number of nitrogens with zero attached hydrogens (tertiary/aromatic N) is 2. The van der Waals surface area contributed by atoms with Crippen LogP contribution in [-0.4, -0.2) is 43.6 Å². The first kappa shape index (κ1) is 16.9. The Hall–Kier alpha value is -1.56. The van der Waals surface area contributed by atoms with E-state index in [0.29, 0.717) is 36.2 Å². The van der Waals surface area contributed by atoms with Crippen LogP contribution >= 0.6 is 0 Å². The molecule has 2 saturated heterocycles. The fourth-order valence-corrected chi connectivity index (χ4v) is 6.49. The summed E-state index contributed by atoms with van der Waals surface area (Å²) in [5.41, 5.74) is 1.23. The van der Waals surface area contributed by atoms with Gasteiger partial charge in [0.2, 0.25) is 10.0 Å².